The zero-order valence-corrected chi connectivity index (χ0v) is 13.6. The van der Waals surface area contributed by atoms with Gasteiger partial charge >= 0.3 is 0 Å². The highest BCUT2D eigenvalue weighted by Gasteiger charge is 2.34. The van der Waals surface area contributed by atoms with Gasteiger partial charge in [-0.2, -0.15) is 0 Å². The predicted octanol–water partition coefficient (Wildman–Crippen LogP) is 0.0912. The molecule has 1 aliphatic heterocycles. The minimum absolute atomic E-state index is 0.00432. The van der Waals surface area contributed by atoms with Gasteiger partial charge < -0.3 is 16.0 Å². The number of hydrogen-bond acceptors (Lipinski definition) is 4. The Kier molecular flexibility index (Phi) is 8.30. The molecular weight excluding hydrogens is 268 g/mol. The summed E-state index contributed by atoms with van der Waals surface area (Å²) < 4.78 is 0. The van der Waals surface area contributed by atoms with Crippen LogP contribution in [0.2, 0.25) is 0 Å². The van der Waals surface area contributed by atoms with Crippen LogP contribution in [0.15, 0.2) is 0 Å². The second-order valence-corrected chi connectivity index (χ2v) is 5.53. The summed E-state index contributed by atoms with van der Waals surface area (Å²) in [7, 11) is 0. The lowest BCUT2D eigenvalue weighted by atomic mass is 10.1. The highest BCUT2D eigenvalue weighted by atomic mass is 16.2. The Morgan fingerprint density at radius 2 is 2.05 bits per heavy atom. The molecule has 1 aliphatic rings. The largest absolute Gasteiger partial charge is 0.355 e. The van der Waals surface area contributed by atoms with Gasteiger partial charge in [-0.15, -0.1) is 0 Å². The third-order valence-electron chi connectivity index (χ3n) is 3.89. The van der Waals surface area contributed by atoms with Gasteiger partial charge in [0.1, 0.15) is 6.04 Å². The van der Waals surface area contributed by atoms with Crippen molar-refractivity contribution in [3.05, 3.63) is 0 Å². The van der Waals surface area contributed by atoms with Gasteiger partial charge in [-0.25, -0.2) is 0 Å². The van der Waals surface area contributed by atoms with Gasteiger partial charge in [0.15, 0.2) is 0 Å². The van der Waals surface area contributed by atoms with E-state index in [0.717, 1.165) is 32.4 Å². The van der Waals surface area contributed by atoms with Gasteiger partial charge in [-0.1, -0.05) is 19.8 Å². The van der Waals surface area contributed by atoms with E-state index in [-0.39, 0.29) is 23.9 Å². The third kappa shape index (κ3) is 5.63. The molecule has 0 bridgehead atoms. The van der Waals surface area contributed by atoms with Gasteiger partial charge in [-0.05, 0) is 20.3 Å². The number of amides is 2. The number of hydrogen-bond donors (Lipinski definition) is 3. The summed E-state index contributed by atoms with van der Waals surface area (Å²) in [5, 5.41) is 9.04. The summed E-state index contributed by atoms with van der Waals surface area (Å²) in [6.07, 6.45) is 3.28. The van der Waals surface area contributed by atoms with Crippen molar-refractivity contribution in [1.82, 2.24) is 20.9 Å². The topological polar surface area (TPSA) is 73.5 Å². The second-order valence-electron chi connectivity index (χ2n) is 5.53. The first kappa shape index (κ1) is 17.9. The lowest BCUT2D eigenvalue weighted by Crippen LogP contribution is -2.62. The van der Waals surface area contributed by atoms with E-state index in [2.05, 4.69) is 22.9 Å². The van der Waals surface area contributed by atoms with Crippen LogP contribution in [-0.4, -0.2) is 61.5 Å². The molecule has 0 aromatic rings. The molecule has 0 saturated carbocycles. The molecular formula is C15H30N4O2. The number of rotatable bonds is 8. The smallest absolute Gasteiger partial charge is 0.238 e. The van der Waals surface area contributed by atoms with E-state index in [1.807, 2.05) is 18.7 Å². The summed E-state index contributed by atoms with van der Waals surface area (Å²) in [6.45, 7) is 9.38. The van der Waals surface area contributed by atoms with E-state index in [4.69, 9.17) is 0 Å². The minimum atomic E-state index is -0.277. The number of likely N-dealkylation sites (N-methyl/N-ethyl adjacent to an activating group) is 1. The summed E-state index contributed by atoms with van der Waals surface area (Å²) in [5.74, 6) is 0.0117. The van der Waals surface area contributed by atoms with Crippen molar-refractivity contribution in [3.8, 4) is 0 Å². The van der Waals surface area contributed by atoms with Crippen molar-refractivity contribution >= 4 is 11.8 Å². The lowest BCUT2D eigenvalue weighted by Gasteiger charge is -2.38. The molecule has 0 radical (unpaired) electrons. The molecule has 3 N–H and O–H groups in total. The van der Waals surface area contributed by atoms with Gasteiger partial charge in [-0.3, -0.25) is 14.5 Å². The Balaban J connectivity index is 2.53. The van der Waals surface area contributed by atoms with Crippen LogP contribution in [0.1, 0.15) is 40.0 Å². The highest BCUT2D eigenvalue weighted by Crippen LogP contribution is 2.09. The Labute approximate surface area is 128 Å². The van der Waals surface area contributed by atoms with Crippen LogP contribution >= 0.6 is 0 Å². The summed E-state index contributed by atoms with van der Waals surface area (Å²) in [4.78, 5) is 26.3. The van der Waals surface area contributed by atoms with Gasteiger partial charge in [0, 0.05) is 32.7 Å². The number of carbonyl (C=O) groups is 2. The van der Waals surface area contributed by atoms with Gasteiger partial charge in [0.25, 0.3) is 0 Å². The highest BCUT2D eigenvalue weighted by molar-refractivity contribution is 5.85. The molecule has 21 heavy (non-hydrogen) atoms. The molecule has 2 amide bonds. The molecule has 0 aromatic carbocycles. The fourth-order valence-electron chi connectivity index (χ4n) is 2.60. The maximum Gasteiger partial charge on any atom is 0.238 e. The lowest BCUT2D eigenvalue weighted by molar-refractivity contribution is -0.133. The number of nitrogens with one attached hydrogen (secondary N) is 3. The van der Waals surface area contributed by atoms with Crippen LogP contribution in [0.25, 0.3) is 0 Å². The van der Waals surface area contributed by atoms with Crippen molar-refractivity contribution in [1.29, 1.82) is 0 Å². The minimum Gasteiger partial charge on any atom is -0.355 e. The number of piperazine rings is 1. The van der Waals surface area contributed by atoms with Crippen LogP contribution in [-0.2, 0) is 9.59 Å². The first-order valence-electron chi connectivity index (χ1n) is 8.13. The van der Waals surface area contributed by atoms with Crippen molar-refractivity contribution < 1.29 is 9.59 Å². The molecule has 6 heteroatoms. The van der Waals surface area contributed by atoms with Crippen molar-refractivity contribution in [2.75, 3.05) is 32.7 Å². The van der Waals surface area contributed by atoms with Crippen LogP contribution in [0.3, 0.4) is 0 Å². The number of carbonyl (C=O) groups excluding carboxylic acids is 2. The fourth-order valence-corrected chi connectivity index (χ4v) is 2.60. The quantitative estimate of drug-likeness (QED) is 0.555. The van der Waals surface area contributed by atoms with Gasteiger partial charge in [0.05, 0.1) is 6.04 Å². The van der Waals surface area contributed by atoms with E-state index in [1.54, 1.807) is 0 Å². The Hall–Kier alpha value is -1.14. The van der Waals surface area contributed by atoms with Crippen LogP contribution in [0, 0.1) is 0 Å². The zero-order chi connectivity index (χ0) is 15.7. The van der Waals surface area contributed by atoms with E-state index in [1.165, 1.54) is 0 Å². The molecule has 1 saturated heterocycles. The number of unbranched alkanes of at least 4 members (excludes halogenated alkanes) is 2. The van der Waals surface area contributed by atoms with Crippen molar-refractivity contribution in [2.24, 2.45) is 0 Å². The molecule has 6 nitrogen and oxygen atoms in total. The van der Waals surface area contributed by atoms with Crippen molar-refractivity contribution in [2.45, 2.75) is 52.1 Å². The van der Waals surface area contributed by atoms with Crippen LogP contribution < -0.4 is 16.0 Å². The summed E-state index contributed by atoms with van der Waals surface area (Å²) in [5.41, 5.74) is 0. The summed E-state index contributed by atoms with van der Waals surface area (Å²) in [6, 6.07) is -0.545. The van der Waals surface area contributed by atoms with Crippen molar-refractivity contribution in [3.63, 3.8) is 0 Å². The van der Waals surface area contributed by atoms with Gasteiger partial charge in [0.2, 0.25) is 11.8 Å². The monoisotopic (exact) mass is 298 g/mol. The molecule has 0 aromatic heterocycles. The fraction of sp³-hybridized carbons (Fsp3) is 0.867. The normalized spacial score (nSPS) is 20.8. The third-order valence-corrected chi connectivity index (χ3v) is 3.89. The zero-order valence-electron chi connectivity index (χ0n) is 13.6. The Morgan fingerprint density at radius 3 is 2.71 bits per heavy atom. The average Bonchev–Trinajstić information content (AvgIpc) is 2.51. The Morgan fingerprint density at radius 1 is 1.29 bits per heavy atom. The second kappa shape index (κ2) is 9.73. The molecule has 2 atom stereocenters. The molecule has 1 heterocycles. The maximum absolute atomic E-state index is 12.2. The Bertz CT molecular complexity index is 336. The molecule has 122 valence electrons. The molecule has 1 rings (SSSR count). The predicted molar refractivity (Wildman–Crippen MR) is 84.0 cm³/mol. The number of nitrogens with zero attached hydrogens (tertiary/aromatic N) is 1. The van der Waals surface area contributed by atoms with E-state index in [0.29, 0.717) is 19.6 Å². The summed E-state index contributed by atoms with van der Waals surface area (Å²) >= 11 is 0. The van der Waals surface area contributed by atoms with Crippen LogP contribution in [0.5, 0.6) is 0 Å². The first-order valence-corrected chi connectivity index (χ1v) is 8.13. The molecule has 0 spiro atoms. The van der Waals surface area contributed by atoms with E-state index >= 15 is 0 Å². The van der Waals surface area contributed by atoms with E-state index < -0.39 is 0 Å². The average molecular weight is 298 g/mol. The first-order chi connectivity index (χ1) is 10.1. The molecule has 0 aliphatic carbocycles. The maximum atomic E-state index is 12.2. The SMILES string of the molecule is CCCCCNC(=O)C(C)N1CCNCC1C(=O)NCC. The molecule has 1 fully saturated rings. The van der Waals surface area contributed by atoms with Crippen LogP contribution in [0.4, 0.5) is 0 Å². The molecule has 2 unspecified atom stereocenters. The standard InChI is InChI=1S/C15H30N4O2/c1-4-6-7-8-18-14(20)12(3)19-10-9-16-11-13(19)15(21)17-5-2/h12-13,16H,4-11H2,1-3H3,(H,17,21)(H,18,20). The van der Waals surface area contributed by atoms with E-state index in [9.17, 15) is 9.59 Å².